The highest BCUT2D eigenvalue weighted by molar-refractivity contribution is 5.95. The minimum absolute atomic E-state index is 0.298. The number of carbonyl (C=O) groups is 2. The molecule has 0 aliphatic carbocycles. The van der Waals surface area contributed by atoms with E-state index in [1.165, 1.54) is 0 Å². The summed E-state index contributed by atoms with van der Waals surface area (Å²) >= 11 is 0. The first-order chi connectivity index (χ1) is 9.95. The van der Waals surface area contributed by atoms with Crippen molar-refractivity contribution in [3.8, 4) is 0 Å². The van der Waals surface area contributed by atoms with Gasteiger partial charge in [-0.25, -0.2) is 14.6 Å². The number of anilines is 1. The van der Waals surface area contributed by atoms with Gasteiger partial charge in [-0.2, -0.15) is 0 Å². The largest absolute Gasteiger partial charge is 0.480 e. The molecule has 1 saturated heterocycles. The van der Waals surface area contributed by atoms with Gasteiger partial charge in [0, 0.05) is 6.20 Å². The average molecular weight is 294 g/mol. The number of aliphatic carboxylic acids is 1. The second kappa shape index (κ2) is 6.09. The van der Waals surface area contributed by atoms with Crippen molar-refractivity contribution in [1.82, 2.24) is 4.98 Å². The predicted octanol–water partition coefficient (Wildman–Crippen LogP) is 0.938. The average Bonchev–Trinajstić information content (AvgIpc) is 2.42. The van der Waals surface area contributed by atoms with Crippen LogP contribution >= 0.6 is 0 Å². The Kier molecular flexibility index (Phi) is 4.42. The second-order valence-corrected chi connectivity index (χ2v) is 5.08. The lowest BCUT2D eigenvalue weighted by molar-refractivity contribution is -0.150. The van der Waals surface area contributed by atoms with Crippen molar-refractivity contribution in [2.24, 2.45) is 0 Å². The molecule has 2 rings (SSSR count). The smallest absolute Gasteiger partial charge is 0.341 e. The van der Waals surface area contributed by atoms with Crippen molar-refractivity contribution in [3.05, 3.63) is 23.9 Å². The van der Waals surface area contributed by atoms with Gasteiger partial charge in [-0.3, -0.25) is 0 Å². The third kappa shape index (κ3) is 3.49. The lowest BCUT2D eigenvalue weighted by atomic mass is 9.95. The summed E-state index contributed by atoms with van der Waals surface area (Å²) in [6, 6.07) is 3.34. The number of pyridine rings is 1. The maximum Gasteiger partial charge on any atom is 0.341 e. The number of carboxylic acid groups (broad SMARTS) is 1. The van der Waals surface area contributed by atoms with E-state index in [9.17, 15) is 9.59 Å². The summed E-state index contributed by atoms with van der Waals surface area (Å²) in [4.78, 5) is 28.5. The molecule has 114 valence electrons. The second-order valence-electron chi connectivity index (χ2n) is 5.08. The lowest BCUT2D eigenvalue weighted by Gasteiger charge is -2.48. The zero-order valence-corrected chi connectivity index (χ0v) is 12.0. The number of carbonyl (C=O) groups excluding carboxylic acids is 1. The molecular weight excluding hydrogens is 276 g/mol. The van der Waals surface area contributed by atoms with Crippen molar-refractivity contribution in [2.75, 3.05) is 31.2 Å². The van der Waals surface area contributed by atoms with Crippen LogP contribution in [0.1, 0.15) is 24.2 Å². The first kappa shape index (κ1) is 15.2. The molecule has 1 aliphatic rings. The molecule has 0 spiro atoms. The molecule has 0 amide bonds. The summed E-state index contributed by atoms with van der Waals surface area (Å²) in [6.07, 6.45) is 1.60. The fraction of sp³-hybridized carbons (Fsp3) is 0.500. The van der Waals surface area contributed by atoms with Crippen LogP contribution in [-0.2, 0) is 14.3 Å². The minimum atomic E-state index is -1.00. The molecule has 7 heteroatoms. The van der Waals surface area contributed by atoms with Crippen LogP contribution < -0.4 is 4.90 Å². The Morgan fingerprint density at radius 1 is 1.48 bits per heavy atom. The van der Waals surface area contributed by atoms with E-state index in [2.05, 4.69) is 4.98 Å². The highest BCUT2D eigenvalue weighted by Gasteiger charge is 2.42. The van der Waals surface area contributed by atoms with E-state index in [-0.39, 0.29) is 6.61 Å². The molecule has 0 aromatic carbocycles. The van der Waals surface area contributed by atoms with Crippen molar-refractivity contribution in [1.29, 1.82) is 0 Å². The molecule has 0 radical (unpaired) electrons. The van der Waals surface area contributed by atoms with Crippen LogP contribution in [0.5, 0.6) is 0 Å². The number of hydrogen-bond acceptors (Lipinski definition) is 6. The number of ether oxygens (including phenoxy) is 2. The Morgan fingerprint density at radius 2 is 2.19 bits per heavy atom. The van der Waals surface area contributed by atoms with Gasteiger partial charge < -0.3 is 19.5 Å². The summed E-state index contributed by atoms with van der Waals surface area (Å²) in [5.74, 6) is -0.882. The zero-order valence-electron chi connectivity index (χ0n) is 12.0. The van der Waals surface area contributed by atoms with Crippen molar-refractivity contribution in [3.63, 3.8) is 0 Å². The van der Waals surface area contributed by atoms with E-state index in [1.54, 1.807) is 25.3 Å². The molecule has 1 fully saturated rings. The van der Waals surface area contributed by atoms with Gasteiger partial charge >= 0.3 is 11.9 Å². The van der Waals surface area contributed by atoms with Gasteiger partial charge in [-0.05, 0) is 26.0 Å². The normalized spacial score (nSPS) is 16.2. The van der Waals surface area contributed by atoms with Gasteiger partial charge in [0.05, 0.1) is 19.7 Å². The van der Waals surface area contributed by atoms with Crippen LogP contribution in [0.2, 0.25) is 0 Å². The van der Waals surface area contributed by atoms with Gasteiger partial charge in [0.25, 0.3) is 0 Å². The van der Waals surface area contributed by atoms with Crippen LogP contribution in [-0.4, -0.2) is 53.9 Å². The van der Waals surface area contributed by atoms with E-state index in [0.717, 1.165) is 0 Å². The molecule has 7 nitrogen and oxygen atoms in total. The number of hydrogen-bond donors (Lipinski definition) is 1. The quantitative estimate of drug-likeness (QED) is 0.781. The fourth-order valence-electron chi connectivity index (χ4n) is 2.26. The SMILES string of the molecule is CCOC(=O)c1cccnc1N1CC(C)(OCC(=O)O)C1. The standard InChI is InChI=1S/C14H18N2O5/c1-3-20-13(19)10-5-4-6-15-12(10)16-8-14(2,9-16)21-7-11(17)18/h4-6H,3,7-9H2,1-2H3,(H,17,18). The fourth-order valence-corrected chi connectivity index (χ4v) is 2.26. The molecule has 21 heavy (non-hydrogen) atoms. The van der Waals surface area contributed by atoms with Crippen LogP contribution in [0.4, 0.5) is 5.82 Å². The van der Waals surface area contributed by atoms with Gasteiger partial charge in [0.2, 0.25) is 0 Å². The number of rotatable bonds is 6. The third-order valence-corrected chi connectivity index (χ3v) is 3.18. The van der Waals surface area contributed by atoms with E-state index < -0.39 is 17.5 Å². The molecule has 1 aromatic heterocycles. The van der Waals surface area contributed by atoms with Crippen LogP contribution in [0.25, 0.3) is 0 Å². The Bertz CT molecular complexity index is 540. The van der Waals surface area contributed by atoms with Crippen LogP contribution in [0.3, 0.4) is 0 Å². The molecule has 2 heterocycles. The Hall–Kier alpha value is -2.15. The summed E-state index contributed by atoms with van der Waals surface area (Å²) in [7, 11) is 0. The molecule has 0 bridgehead atoms. The third-order valence-electron chi connectivity index (χ3n) is 3.18. The summed E-state index contributed by atoms with van der Waals surface area (Å²) < 4.78 is 10.3. The number of esters is 1. The monoisotopic (exact) mass is 294 g/mol. The molecule has 0 unspecified atom stereocenters. The highest BCUT2D eigenvalue weighted by atomic mass is 16.5. The van der Waals surface area contributed by atoms with Crippen molar-refractivity contribution in [2.45, 2.75) is 19.4 Å². The van der Waals surface area contributed by atoms with Crippen LogP contribution in [0, 0.1) is 0 Å². The van der Waals surface area contributed by atoms with E-state index in [1.807, 2.05) is 11.8 Å². The number of nitrogens with zero attached hydrogens (tertiary/aromatic N) is 2. The maximum atomic E-state index is 11.9. The Labute approximate surface area is 122 Å². The first-order valence-corrected chi connectivity index (χ1v) is 6.68. The Balaban J connectivity index is 2.05. The highest BCUT2D eigenvalue weighted by Crippen LogP contribution is 2.31. The summed E-state index contributed by atoms with van der Waals surface area (Å²) in [5.41, 5.74) is -0.137. The predicted molar refractivity (Wildman–Crippen MR) is 74.4 cm³/mol. The number of carboxylic acids is 1. The van der Waals surface area contributed by atoms with E-state index in [4.69, 9.17) is 14.6 Å². The minimum Gasteiger partial charge on any atom is -0.480 e. The molecule has 0 atom stereocenters. The maximum absolute atomic E-state index is 11.9. The molecular formula is C14H18N2O5. The van der Waals surface area contributed by atoms with E-state index in [0.29, 0.717) is 31.1 Å². The van der Waals surface area contributed by atoms with Gasteiger partial charge in [0.1, 0.15) is 23.6 Å². The number of aromatic nitrogens is 1. The van der Waals surface area contributed by atoms with Gasteiger partial charge in [-0.15, -0.1) is 0 Å². The van der Waals surface area contributed by atoms with Gasteiger partial charge in [0.15, 0.2) is 0 Å². The Morgan fingerprint density at radius 3 is 2.81 bits per heavy atom. The van der Waals surface area contributed by atoms with Crippen LogP contribution in [0.15, 0.2) is 18.3 Å². The molecule has 0 saturated carbocycles. The van der Waals surface area contributed by atoms with Crippen molar-refractivity contribution >= 4 is 17.8 Å². The molecule has 1 aliphatic heterocycles. The summed E-state index contributed by atoms with van der Waals surface area (Å²) in [5, 5.41) is 8.64. The zero-order chi connectivity index (χ0) is 15.5. The summed E-state index contributed by atoms with van der Waals surface area (Å²) in [6.45, 7) is 4.49. The molecule has 1 N–H and O–H groups in total. The van der Waals surface area contributed by atoms with E-state index >= 15 is 0 Å². The molecule has 1 aromatic rings. The lowest BCUT2D eigenvalue weighted by Crippen LogP contribution is -2.62. The first-order valence-electron chi connectivity index (χ1n) is 6.68. The van der Waals surface area contributed by atoms with Crippen molar-refractivity contribution < 1.29 is 24.2 Å². The van der Waals surface area contributed by atoms with Gasteiger partial charge in [-0.1, -0.05) is 0 Å². The topological polar surface area (TPSA) is 89.0 Å².